The molecule has 0 spiro atoms. The van der Waals surface area contributed by atoms with Crippen LogP contribution in [0.3, 0.4) is 0 Å². The fourth-order valence-corrected chi connectivity index (χ4v) is 3.03. The highest BCUT2D eigenvalue weighted by atomic mass is 14.3. The minimum absolute atomic E-state index is 0.872. The SMILES string of the molecule is CC1=CCC(C)C(C)CC(CCCC(C)C)C1. The zero-order valence-corrected chi connectivity index (χ0v) is 12.6. The monoisotopic (exact) mass is 236 g/mol. The first-order chi connectivity index (χ1) is 7.99. The van der Waals surface area contributed by atoms with Gasteiger partial charge in [-0.2, -0.15) is 0 Å². The van der Waals surface area contributed by atoms with Crippen molar-refractivity contribution in [3.8, 4) is 0 Å². The average molecular weight is 236 g/mol. The summed E-state index contributed by atoms with van der Waals surface area (Å²) in [5.41, 5.74) is 1.64. The Balaban J connectivity index is 2.46. The predicted molar refractivity (Wildman–Crippen MR) is 78.1 cm³/mol. The van der Waals surface area contributed by atoms with Gasteiger partial charge in [0.25, 0.3) is 0 Å². The lowest BCUT2D eigenvalue weighted by molar-refractivity contribution is 0.276. The minimum atomic E-state index is 0.872. The Kier molecular flexibility index (Phi) is 6.30. The van der Waals surface area contributed by atoms with Crippen molar-refractivity contribution in [1.29, 1.82) is 0 Å². The molecule has 3 atom stereocenters. The number of hydrogen-bond acceptors (Lipinski definition) is 0. The zero-order valence-electron chi connectivity index (χ0n) is 12.6. The third-order valence-electron chi connectivity index (χ3n) is 4.52. The van der Waals surface area contributed by atoms with Crippen LogP contribution in [0, 0.1) is 23.7 Å². The quantitative estimate of drug-likeness (QED) is 0.539. The van der Waals surface area contributed by atoms with Crippen LogP contribution in [0.15, 0.2) is 11.6 Å². The van der Waals surface area contributed by atoms with Crippen LogP contribution in [0.1, 0.15) is 73.1 Å². The fraction of sp³-hybridized carbons (Fsp3) is 0.882. The third kappa shape index (κ3) is 5.75. The second-order valence-corrected chi connectivity index (χ2v) is 6.87. The molecule has 0 bridgehead atoms. The van der Waals surface area contributed by atoms with Gasteiger partial charge in [-0.15, -0.1) is 0 Å². The molecule has 0 nitrogen and oxygen atoms in total. The number of hydrogen-bond donors (Lipinski definition) is 0. The smallest absolute Gasteiger partial charge is 0.0294 e. The van der Waals surface area contributed by atoms with Crippen LogP contribution >= 0.6 is 0 Å². The van der Waals surface area contributed by atoms with Crippen molar-refractivity contribution < 1.29 is 0 Å². The third-order valence-corrected chi connectivity index (χ3v) is 4.52. The van der Waals surface area contributed by atoms with Gasteiger partial charge in [0.05, 0.1) is 0 Å². The van der Waals surface area contributed by atoms with Crippen LogP contribution in [-0.2, 0) is 0 Å². The Bertz CT molecular complexity index is 236. The lowest BCUT2D eigenvalue weighted by Gasteiger charge is -2.28. The molecule has 0 aromatic heterocycles. The van der Waals surface area contributed by atoms with Crippen molar-refractivity contribution in [1.82, 2.24) is 0 Å². The Morgan fingerprint density at radius 2 is 1.94 bits per heavy atom. The Labute approximate surface area is 109 Å². The van der Waals surface area contributed by atoms with Gasteiger partial charge in [-0.3, -0.25) is 0 Å². The fourth-order valence-electron chi connectivity index (χ4n) is 3.03. The van der Waals surface area contributed by atoms with Crippen molar-refractivity contribution in [3.63, 3.8) is 0 Å². The number of allylic oxidation sites excluding steroid dienone is 2. The molecule has 0 N–H and O–H groups in total. The van der Waals surface area contributed by atoms with Crippen LogP contribution in [0.5, 0.6) is 0 Å². The molecule has 17 heavy (non-hydrogen) atoms. The topological polar surface area (TPSA) is 0 Å². The highest BCUT2D eigenvalue weighted by molar-refractivity contribution is 5.02. The van der Waals surface area contributed by atoms with Crippen molar-refractivity contribution >= 4 is 0 Å². The second kappa shape index (κ2) is 7.24. The van der Waals surface area contributed by atoms with E-state index in [2.05, 4.69) is 40.7 Å². The van der Waals surface area contributed by atoms with Gasteiger partial charge in [-0.25, -0.2) is 0 Å². The van der Waals surface area contributed by atoms with E-state index < -0.39 is 0 Å². The first-order valence-electron chi connectivity index (χ1n) is 7.64. The maximum Gasteiger partial charge on any atom is -0.0294 e. The van der Waals surface area contributed by atoms with Crippen molar-refractivity contribution in [2.75, 3.05) is 0 Å². The summed E-state index contributed by atoms with van der Waals surface area (Å²) in [7, 11) is 0. The van der Waals surface area contributed by atoms with E-state index in [-0.39, 0.29) is 0 Å². The molecule has 1 rings (SSSR count). The van der Waals surface area contributed by atoms with Gasteiger partial charge in [0.2, 0.25) is 0 Å². The van der Waals surface area contributed by atoms with E-state index in [0.717, 1.165) is 23.7 Å². The Morgan fingerprint density at radius 1 is 1.24 bits per heavy atom. The highest BCUT2D eigenvalue weighted by Crippen LogP contribution is 2.33. The molecule has 1 aliphatic carbocycles. The second-order valence-electron chi connectivity index (χ2n) is 6.87. The van der Waals surface area contributed by atoms with Gasteiger partial charge >= 0.3 is 0 Å². The lowest BCUT2D eigenvalue weighted by atomic mass is 9.78. The predicted octanol–water partition coefficient (Wildman–Crippen LogP) is 5.83. The molecular weight excluding hydrogens is 204 g/mol. The Morgan fingerprint density at radius 3 is 2.59 bits per heavy atom. The largest absolute Gasteiger partial charge is 0.0853 e. The molecule has 0 heterocycles. The molecule has 0 fully saturated rings. The summed E-state index contributed by atoms with van der Waals surface area (Å²) >= 11 is 0. The number of rotatable bonds is 4. The summed E-state index contributed by atoms with van der Waals surface area (Å²) in [6.07, 6.45) is 10.9. The van der Waals surface area contributed by atoms with Crippen LogP contribution in [0.4, 0.5) is 0 Å². The van der Waals surface area contributed by atoms with Crippen LogP contribution < -0.4 is 0 Å². The standard InChI is InChI=1S/C17H32/c1-13(2)7-6-8-17-11-14(3)9-10-15(4)16(5)12-17/h9,13,15-17H,6-8,10-12H2,1-5H3. The van der Waals surface area contributed by atoms with E-state index >= 15 is 0 Å². The van der Waals surface area contributed by atoms with Gasteiger partial charge in [0.1, 0.15) is 0 Å². The summed E-state index contributed by atoms with van der Waals surface area (Å²) in [6.45, 7) is 11.9. The molecule has 0 aliphatic heterocycles. The van der Waals surface area contributed by atoms with E-state index in [4.69, 9.17) is 0 Å². The first-order valence-corrected chi connectivity index (χ1v) is 7.64. The molecule has 0 amide bonds. The zero-order chi connectivity index (χ0) is 12.8. The normalized spacial score (nSPS) is 30.9. The molecule has 1 aliphatic rings. The van der Waals surface area contributed by atoms with Gasteiger partial charge in [0, 0.05) is 0 Å². The molecule has 0 aromatic rings. The van der Waals surface area contributed by atoms with Crippen molar-refractivity contribution in [3.05, 3.63) is 11.6 Å². The molecule has 0 aromatic carbocycles. The molecule has 0 heteroatoms. The van der Waals surface area contributed by atoms with Crippen LogP contribution in [0.2, 0.25) is 0 Å². The van der Waals surface area contributed by atoms with E-state index in [1.807, 2.05) is 0 Å². The van der Waals surface area contributed by atoms with E-state index in [0.29, 0.717) is 0 Å². The van der Waals surface area contributed by atoms with Gasteiger partial charge < -0.3 is 0 Å². The molecule has 3 unspecified atom stereocenters. The minimum Gasteiger partial charge on any atom is -0.0853 e. The maximum atomic E-state index is 2.50. The summed E-state index contributed by atoms with van der Waals surface area (Å²) in [5.74, 6) is 3.60. The van der Waals surface area contributed by atoms with Gasteiger partial charge in [-0.05, 0) is 49.9 Å². The van der Waals surface area contributed by atoms with E-state index in [1.165, 1.54) is 38.5 Å². The van der Waals surface area contributed by atoms with Gasteiger partial charge in [0.15, 0.2) is 0 Å². The van der Waals surface area contributed by atoms with Crippen molar-refractivity contribution in [2.45, 2.75) is 73.1 Å². The average Bonchev–Trinajstić information content (AvgIpc) is 2.23. The molecular formula is C17H32. The lowest BCUT2D eigenvalue weighted by Crippen LogP contribution is -2.16. The molecule has 0 radical (unpaired) electrons. The van der Waals surface area contributed by atoms with E-state index in [1.54, 1.807) is 5.57 Å². The maximum absolute atomic E-state index is 2.50. The first kappa shape index (κ1) is 14.8. The summed E-state index contributed by atoms with van der Waals surface area (Å²) in [4.78, 5) is 0. The molecule has 0 saturated carbocycles. The Hall–Kier alpha value is -0.260. The van der Waals surface area contributed by atoms with Gasteiger partial charge in [-0.1, -0.05) is 58.6 Å². The van der Waals surface area contributed by atoms with E-state index in [9.17, 15) is 0 Å². The van der Waals surface area contributed by atoms with Crippen LogP contribution in [-0.4, -0.2) is 0 Å². The van der Waals surface area contributed by atoms with Crippen molar-refractivity contribution in [2.24, 2.45) is 23.7 Å². The molecule has 0 saturated heterocycles. The summed E-state index contributed by atoms with van der Waals surface area (Å²) in [6, 6.07) is 0. The summed E-state index contributed by atoms with van der Waals surface area (Å²) < 4.78 is 0. The molecule has 100 valence electrons. The summed E-state index contributed by atoms with van der Waals surface area (Å²) in [5, 5.41) is 0. The highest BCUT2D eigenvalue weighted by Gasteiger charge is 2.20. The van der Waals surface area contributed by atoms with Crippen LogP contribution in [0.25, 0.3) is 0 Å².